The van der Waals surface area contributed by atoms with Crippen molar-refractivity contribution in [1.29, 1.82) is 0 Å². The quantitative estimate of drug-likeness (QED) is 0.430. The molecule has 0 bridgehead atoms. The minimum Gasteiger partial charge on any atom is -0.328 e. The van der Waals surface area contributed by atoms with E-state index in [1.54, 1.807) is 0 Å². The molecule has 0 aliphatic carbocycles. The van der Waals surface area contributed by atoms with Crippen molar-refractivity contribution in [3.63, 3.8) is 0 Å². The van der Waals surface area contributed by atoms with Crippen molar-refractivity contribution in [2.24, 2.45) is 0 Å². The number of nitrogens with zero attached hydrogens (tertiary/aromatic N) is 1. The first kappa shape index (κ1) is 18.8. The highest BCUT2D eigenvalue weighted by atomic mass is 31.1. The van der Waals surface area contributed by atoms with Gasteiger partial charge in [-0.15, -0.1) is 0 Å². The zero-order valence-electron chi connectivity index (χ0n) is 16.2. The Morgan fingerprint density at radius 3 is 1.38 bits per heavy atom. The van der Waals surface area contributed by atoms with Crippen LogP contribution in [-0.2, 0) is 0 Å². The van der Waals surface area contributed by atoms with Crippen LogP contribution in [0.4, 0.5) is 0 Å². The summed E-state index contributed by atoms with van der Waals surface area (Å²) in [6, 6.07) is 33.7. The summed E-state index contributed by atoms with van der Waals surface area (Å²) in [5.74, 6) is 0. The van der Waals surface area contributed by atoms with Crippen LogP contribution in [0.2, 0.25) is 0 Å². The molecule has 0 spiro atoms. The van der Waals surface area contributed by atoms with Crippen LogP contribution >= 0.6 is 7.92 Å². The second kappa shape index (κ2) is 8.16. The third kappa shape index (κ3) is 4.23. The van der Waals surface area contributed by atoms with Crippen LogP contribution in [0.5, 0.6) is 0 Å². The summed E-state index contributed by atoms with van der Waals surface area (Å²) < 4.78 is 0.943. The maximum atomic E-state index is 2.40. The van der Waals surface area contributed by atoms with Crippen LogP contribution in [0.3, 0.4) is 0 Å². The topological polar surface area (TPSA) is 0 Å². The van der Waals surface area contributed by atoms with Crippen molar-refractivity contribution in [2.75, 3.05) is 21.1 Å². The third-order valence-corrected chi connectivity index (χ3v) is 8.16. The van der Waals surface area contributed by atoms with E-state index >= 15 is 0 Å². The lowest BCUT2D eigenvalue weighted by atomic mass is 10.0. The molecule has 3 rings (SSSR count). The summed E-state index contributed by atoms with van der Waals surface area (Å²) in [5, 5.41) is 2.89. The van der Waals surface area contributed by atoms with Crippen molar-refractivity contribution in [3.05, 3.63) is 96.6 Å². The Morgan fingerprint density at radius 2 is 1.00 bits per heavy atom. The molecule has 134 valence electrons. The molecule has 0 aromatic heterocycles. The predicted octanol–water partition coefficient (Wildman–Crippen LogP) is 4.96. The van der Waals surface area contributed by atoms with E-state index in [1.807, 2.05) is 0 Å². The van der Waals surface area contributed by atoms with Gasteiger partial charge in [-0.25, -0.2) is 0 Å². The molecule has 0 aliphatic rings. The van der Waals surface area contributed by atoms with Crippen LogP contribution in [0.1, 0.15) is 18.1 Å². The molecular weight excluding hydrogens is 333 g/mol. The summed E-state index contributed by atoms with van der Waals surface area (Å²) in [6.45, 7) is 2.40. The number of quaternary nitrogens is 1. The average Bonchev–Trinajstić information content (AvgIpc) is 2.67. The van der Waals surface area contributed by atoms with Crippen molar-refractivity contribution >= 4 is 18.5 Å². The van der Waals surface area contributed by atoms with Gasteiger partial charge in [0.05, 0.1) is 32.8 Å². The molecule has 1 nitrogen and oxygen atoms in total. The Hall–Kier alpha value is -1.95. The Kier molecular flexibility index (Phi) is 5.91. The lowest BCUT2D eigenvalue weighted by Gasteiger charge is -2.41. The first-order valence-electron chi connectivity index (χ1n) is 9.24. The Balaban J connectivity index is 2.19. The highest BCUT2D eigenvalue weighted by Crippen LogP contribution is 2.52. The van der Waals surface area contributed by atoms with E-state index < -0.39 is 7.92 Å². The van der Waals surface area contributed by atoms with E-state index in [9.17, 15) is 0 Å². The second-order valence-corrected chi connectivity index (χ2v) is 10.1. The van der Waals surface area contributed by atoms with Gasteiger partial charge in [0, 0.05) is 0 Å². The maximum absolute atomic E-state index is 2.40. The highest BCUT2D eigenvalue weighted by molar-refractivity contribution is 7.73. The van der Waals surface area contributed by atoms with E-state index in [4.69, 9.17) is 0 Å². The van der Waals surface area contributed by atoms with E-state index in [2.05, 4.69) is 119 Å². The second-order valence-electron chi connectivity index (χ2n) is 7.75. The Morgan fingerprint density at radius 1 is 0.615 bits per heavy atom. The summed E-state index contributed by atoms with van der Waals surface area (Å²) in [6.07, 6.45) is 0. The van der Waals surface area contributed by atoms with E-state index in [1.165, 1.54) is 16.2 Å². The molecule has 0 heterocycles. The molecule has 2 heteroatoms. The van der Waals surface area contributed by atoms with E-state index in [0.717, 1.165) is 4.48 Å². The highest BCUT2D eigenvalue weighted by Gasteiger charge is 2.37. The number of hydrogen-bond acceptors (Lipinski definition) is 0. The van der Waals surface area contributed by atoms with E-state index in [0.29, 0.717) is 11.7 Å². The van der Waals surface area contributed by atoms with Gasteiger partial charge in [-0.1, -0.05) is 91.0 Å². The van der Waals surface area contributed by atoms with Gasteiger partial charge in [0.15, 0.2) is 0 Å². The minimum atomic E-state index is -0.510. The van der Waals surface area contributed by atoms with Crippen LogP contribution in [0.15, 0.2) is 91.0 Å². The first-order valence-corrected chi connectivity index (χ1v) is 10.6. The lowest BCUT2D eigenvalue weighted by Crippen LogP contribution is -2.47. The number of benzene rings is 3. The molecule has 0 amide bonds. The molecule has 2 atom stereocenters. The van der Waals surface area contributed by atoms with Gasteiger partial charge in [-0.3, -0.25) is 0 Å². The molecule has 0 aliphatic heterocycles. The van der Waals surface area contributed by atoms with Crippen molar-refractivity contribution in [3.8, 4) is 0 Å². The predicted molar refractivity (Wildman–Crippen MR) is 116 cm³/mol. The van der Waals surface area contributed by atoms with Crippen molar-refractivity contribution < 1.29 is 4.48 Å². The molecular formula is C24H29NP+. The maximum Gasteiger partial charge on any atom is 0.0971 e. The lowest BCUT2D eigenvalue weighted by molar-refractivity contribution is -0.894. The van der Waals surface area contributed by atoms with Crippen molar-refractivity contribution in [1.82, 2.24) is 0 Å². The molecule has 0 saturated heterocycles. The summed E-state index contributed by atoms with van der Waals surface area (Å²) in [7, 11) is 6.42. The summed E-state index contributed by atoms with van der Waals surface area (Å²) in [5.41, 5.74) is 1.89. The fraction of sp³-hybridized carbons (Fsp3) is 0.250. The standard InChI is InChI=1S/C24H29NP/c1-20(25(2,3)4)24(21-14-8-5-9-15-21)26(22-16-10-6-11-17-22)23-18-12-7-13-19-23/h5-20,24H,1-4H3/q+1/t20-,24-/m0/s1. The molecule has 0 fully saturated rings. The number of rotatable bonds is 6. The van der Waals surface area contributed by atoms with Gasteiger partial charge in [0.1, 0.15) is 0 Å². The van der Waals surface area contributed by atoms with E-state index in [-0.39, 0.29) is 0 Å². The smallest absolute Gasteiger partial charge is 0.0971 e. The molecule has 3 aromatic rings. The normalized spacial score (nSPS) is 14.2. The Bertz CT molecular complexity index is 754. The molecule has 26 heavy (non-hydrogen) atoms. The van der Waals surface area contributed by atoms with Gasteiger partial charge in [-0.2, -0.15) is 0 Å². The van der Waals surface area contributed by atoms with Crippen LogP contribution in [0.25, 0.3) is 0 Å². The van der Waals surface area contributed by atoms with Gasteiger partial charge >= 0.3 is 0 Å². The van der Waals surface area contributed by atoms with Crippen LogP contribution in [-0.4, -0.2) is 31.7 Å². The number of likely N-dealkylation sites (N-methyl/N-ethyl adjacent to an activating group) is 1. The number of hydrogen-bond donors (Lipinski definition) is 0. The summed E-state index contributed by atoms with van der Waals surface area (Å²) in [4.78, 5) is 0. The SMILES string of the molecule is C[C@@H]([C@@H](c1ccccc1)P(c1ccccc1)c1ccccc1)[N+](C)(C)C. The third-order valence-electron chi connectivity index (χ3n) is 5.17. The fourth-order valence-electron chi connectivity index (χ4n) is 3.36. The largest absolute Gasteiger partial charge is 0.328 e. The molecule has 0 unspecified atom stereocenters. The van der Waals surface area contributed by atoms with Crippen LogP contribution < -0.4 is 10.6 Å². The van der Waals surface area contributed by atoms with Gasteiger partial charge < -0.3 is 4.48 Å². The molecule has 0 saturated carbocycles. The van der Waals surface area contributed by atoms with Gasteiger partial charge in [0.2, 0.25) is 0 Å². The monoisotopic (exact) mass is 362 g/mol. The van der Waals surface area contributed by atoms with Gasteiger partial charge in [-0.05, 0) is 31.0 Å². The minimum absolute atomic E-state index is 0.455. The first-order chi connectivity index (χ1) is 12.5. The fourth-order valence-corrected chi connectivity index (χ4v) is 6.59. The molecule has 3 aromatic carbocycles. The average molecular weight is 362 g/mol. The zero-order chi connectivity index (χ0) is 18.6. The Labute approximate surface area is 159 Å². The molecule has 0 radical (unpaired) electrons. The summed E-state index contributed by atoms with van der Waals surface area (Å²) >= 11 is 0. The van der Waals surface area contributed by atoms with Gasteiger partial charge in [0.25, 0.3) is 0 Å². The van der Waals surface area contributed by atoms with Crippen molar-refractivity contribution in [2.45, 2.75) is 18.6 Å². The zero-order valence-corrected chi connectivity index (χ0v) is 17.1. The molecule has 0 N–H and O–H groups in total. The van der Waals surface area contributed by atoms with Crippen LogP contribution in [0, 0.1) is 0 Å².